The van der Waals surface area contributed by atoms with Crippen molar-refractivity contribution in [2.24, 2.45) is 4.36 Å². The quantitative estimate of drug-likeness (QED) is 0.730. The maximum absolute atomic E-state index is 10.4. The summed E-state index contributed by atoms with van der Waals surface area (Å²) in [6.45, 7) is 7.86. The minimum absolute atomic E-state index is 0.0471. The number of rotatable bonds is 1. The van der Waals surface area contributed by atoms with Crippen LogP contribution in [0, 0.1) is 0 Å². The van der Waals surface area contributed by atoms with E-state index in [-0.39, 0.29) is 28.6 Å². The molecule has 0 spiro atoms. The third kappa shape index (κ3) is 2.21. The molecule has 82 valence electrons. The Morgan fingerprint density at radius 1 is 1.29 bits per heavy atom. The van der Waals surface area contributed by atoms with Gasteiger partial charge in [-0.15, -0.1) is 0 Å². The van der Waals surface area contributed by atoms with Crippen LogP contribution in [0.3, 0.4) is 0 Å². The lowest BCUT2D eigenvalue weighted by atomic mass is 9.79. The number of hydrogen-bond acceptors (Lipinski definition) is 4. The molecule has 14 heavy (non-hydrogen) atoms. The fourth-order valence-corrected chi connectivity index (χ4v) is 2.62. The molecule has 0 amide bonds. The van der Waals surface area contributed by atoms with E-state index in [2.05, 4.69) is 4.36 Å². The van der Waals surface area contributed by atoms with Gasteiger partial charge in [-0.2, -0.15) is 13.6 Å². The third-order valence-electron chi connectivity index (χ3n) is 2.81. The highest BCUT2D eigenvalue weighted by molar-refractivity contribution is 7.54. The third-order valence-corrected chi connectivity index (χ3v) is 3.19. The number of piperidine rings is 1. The Kier molecular flexibility index (Phi) is 3.13. The van der Waals surface area contributed by atoms with E-state index in [9.17, 15) is 9.42 Å². The van der Waals surface area contributed by atoms with E-state index in [0.717, 1.165) is 12.8 Å². The smallest absolute Gasteiger partial charge is 0.199 e. The first-order valence-electron chi connectivity index (χ1n) is 4.78. The Bertz CT molecular complexity index is 254. The van der Waals surface area contributed by atoms with Crippen molar-refractivity contribution in [2.75, 3.05) is 0 Å². The van der Waals surface area contributed by atoms with Crippen molar-refractivity contribution in [1.82, 2.24) is 5.06 Å². The molecular formula is C9H18N2O2S. The Labute approximate surface area is 88.5 Å². The van der Waals surface area contributed by atoms with Crippen molar-refractivity contribution < 1.29 is 9.42 Å². The lowest BCUT2D eigenvalue weighted by Crippen LogP contribution is -2.59. The summed E-state index contributed by atoms with van der Waals surface area (Å²) in [6.07, 6.45) is 1.45. The van der Waals surface area contributed by atoms with Crippen LogP contribution in [0.5, 0.6) is 0 Å². The van der Waals surface area contributed by atoms with Gasteiger partial charge in [-0.1, -0.05) is 0 Å². The van der Waals surface area contributed by atoms with Crippen LogP contribution in [0.25, 0.3) is 0 Å². The lowest BCUT2D eigenvalue weighted by Gasteiger charge is -2.50. The van der Waals surface area contributed by atoms with E-state index >= 15 is 0 Å². The van der Waals surface area contributed by atoms with Crippen LogP contribution in [0.2, 0.25) is 0 Å². The molecule has 0 atom stereocenters. The Morgan fingerprint density at radius 3 is 2.07 bits per heavy atom. The second-order valence-corrected chi connectivity index (χ2v) is 5.54. The zero-order valence-electron chi connectivity index (χ0n) is 9.15. The Morgan fingerprint density at radius 2 is 1.71 bits per heavy atom. The summed E-state index contributed by atoms with van der Waals surface area (Å²) in [5.74, 6) is 0. The van der Waals surface area contributed by atoms with Gasteiger partial charge in [0, 0.05) is 11.1 Å². The molecule has 1 aliphatic rings. The van der Waals surface area contributed by atoms with Gasteiger partial charge in [0.2, 0.25) is 0 Å². The van der Waals surface area contributed by atoms with Gasteiger partial charge in [0.25, 0.3) is 0 Å². The molecule has 0 aromatic rings. The SMILES string of the molecule is CC1(C)CC(N=S=O)CC(C)(C)N1O. The van der Waals surface area contributed by atoms with Gasteiger partial charge in [-0.3, -0.25) is 0 Å². The van der Waals surface area contributed by atoms with Crippen LogP contribution in [0.4, 0.5) is 0 Å². The molecule has 0 aromatic carbocycles. The van der Waals surface area contributed by atoms with Crippen LogP contribution in [-0.4, -0.2) is 31.6 Å². The second kappa shape index (κ2) is 3.72. The molecular weight excluding hydrogens is 200 g/mol. The highest BCUT2D eigenvalue weighted by atomic mass is 32.1. The van der Waals surface area contributed by atoms with Crippen LogP contribution in [0.15, 0.2) is 4.36 Å². The minimum atomic E-state index is -0.314. The molecule has 0 radical (unpaired) electrons. The van der Waals surface area contributed by atoms with Crippen molar-refractivity contribution in [3.63, 3.8) is 0 Å². The maximum Gasteiger partial charge on any atom is 0.199 e. The zero-order valence-corrected chi connectivity index (χ0v) is 9.97. The standard InChI is InChI=1S/C9H18N2O2S/c1-8(2)5-7(10-14-13)6-9(3,4)11(8)12/h7,12H,5-6H2,1-4H3. The van der Waals surface area contributed by atoms with Gasteiger partial charge in [-0.05, 0) is 40.5 Å². The lowest BCUT2D eigenvalue weighted by molar-refractivity contribution is -0.244. The van der Waals surface area contributed by atoms with E-state index in [1.807, 2.05) is 27.7 Å². The first kappa shape index (κ1) is 11.8. The normalized spacial score (nSPS) is 27.2. The number of hydrogen-bond donors (Lipinski definition) is 1. The second-order valence-electron chi connectivity index (χ2n) is 5.18. The summed E-state index contributed by atoms with van der Waals surface area (Å²) in [5.41, 5.74) is -0.628. The van der Waals surface area contributed by atoms with Gasteiger partial charge in [-0.25, -0.2) is 0 Å². The largest absolute Gasteiger partial charge is 0.313 e. The minimum Gasteiger partial charge on any atom is -0.313 e. The molecule has 4 nitrogen and oxygen atoms in total. The van der Waals surface area contributed by atoms with Gasteiger partial charge in [0.15, 0.2) is 11.5 Å². The van der Waals surface area contributed by atoms with Gasteiger partial charge in [0.1, 0.15) is 0 Å². The molecule has 1 saturated heterocycles. The first-order valence-corrected chi connectivity index (χ1v) is 5.48. The van der Waals surface area contributed by atoms with Gasteiger partial charge in [0.05, 0.1) is 6.04 Å². The molecule has 0 aromatic heterocycles. The topological polar surface area (TPSA) is 52.9 Å². The molecule has 1 fully saturated rings. The Balaban J connectivity index is 2.91. The first-order chi connectivity index (χ1) is 6.29. The summed E-state index contributed by atoms with van der Waals surface area (Å²) in [7, 11) is 0. The molecule has 0 unspecified atom stereocenters. The van der Waals surface area contributed by atoms with E-state index < -0.39 is 0 Å². The summed E-state index contributed by atoms with van der Waals surface area (Å²) in [6, 6.07) is 0.0471. The van der Waals surface area contributed by atoms with E-state index in [0.29, 0.717) is 0 Å². The van der Waals surface area contributed by atoms with Crippen LogP contribution in [-0.2, 0) is 11.5 Å². The molecule has 1 rings (SSSR count). The monoisotopic (exact) mass is 218 g/mol. The fraction of sp³-hybridized carbons (Fsp3) is 1.00. The summed E-state index contributed by atoms with van der Waals surface area (Å²) in [5, 5.41) is 11.3. The van der Waals surface area contributed by atoms with Gasteiger partial charge < -0.3 is 5.21 Å². The highest BCUT2D eigenvalue weighted by Gasteiger charge is 2.45. The van der Waals surface area contributed by atoms with Crippen molar-refractivity contribution in [1.29, 1.82) is 0 Å². The predicted molar refractivity (Wildman–Crippen MR) is 55.4 cm³/mol. The average molecular weight is 218 g/mol. The summed E-state index contributed by atoms with van der Waals surface area (Å²) < 4.78 is 14.3. The van der Waals surface area contributed by atoms with E-state index in [1.54, 1.807) is 0 Å². The number of nitrogens with zero attached hydrogens (tertiary/aromatic N) is 2. The fourth-order valence-electron chi connectivity index (χ4n) is 2.35. The molecule has 0 aliphatic carbocycles. The van der Waals surface area contributed by atoms with Crippen molar-refractivity contribution in [3.05, 3.63) is 0 Å². The average Bonchev–Trinajstić information content (AvgIpc) is 1.99. The van der Waals surface area contributed by atoms with E-state index in [4.69, 9.17) is 0 Å². The Hall–Kier alpha value is -0.260. The summed E-state index contributed by atoms with van der Waals surface area (Å²) >= 11 is 0.286. The molecule has 1 aliphatic heterocycles. The molecule has 1 N–H and O–H groups in total. The van der Waals surface area contributed by atoms with Crippen molar-refractivity contribution in [2.45, 2.75) is 57.7 Å². The number of hydroxylamine groups is 2. The molecule has 5 heteroatoms. The molecule has 1 heterocycles. The highest BCUT2D eigenvalue weighted by Crippen LogP contribution is 2.37. The van der Waals surface area contributed by atoms with Crippen molar-refractivity contribution in [3.8, 4) is 0 Å². The summed E-state index contributed by atoms with van der Waals surface area (Å²) in [4.78, 5) is 0. The molecule has 0 bridgehead atoms. The maximum atomic E-state index is 10.4. The van der Waals surface area contributed by atoms with E-state index in [1.165, 1.54) is 5.06 Å². The van der Waals surface area contributed by atoms with Crippen LogP contribution in [0.1, 0.15) is 40.5 Å². The van der Waals surface area contributed by atoms with Gasteiger partial charge >= 0.3 is 0 Å². The zero-order chi connectivity index (χ0) is 11.0. The molecule has 0 saturated carbocycles. The van der Waals surface area contributed by atoms with Crippen molar-refractivity contribution >= 4 is 11.5 Å². The predicted octanol–water partition coefficient (Wildman–Crippen LogP) is 1.79. The van der Waals surface area contributed by atoms with Crippen LogP contribution < -0.4 is 0 Å². The van der Waals surface area contributed by atoms with Crippen LogP contribution >= 0.6 is 0 Å².